The van der Waals surface area contributed by atoms with Crippen molar-refractivity contribution < 1.29 is 18.7 Å². The smallest absolute Gasteiger partial charge is 0.380 e. The van der Waals surface area contributed by atoms with Crippen molar-refractivity contribution in [2.45, 2.75) is 0 Å². The second kappa shape index (κ2) is 4.39. The van der Waals surface area contributed by atoms with E-state index in [1.54, 1.807) is 18.2 Å². The van der Waals surface area contributed by atoms with E-state index < -0.39 is 5.97 Å². The maximum Gasteiger partial charge on any atom is 0.380 e. The van der Waals surface area contributed by atoms with Crippen molar-refractivity contribution in [3.05, 3.63) is 48.0 Å². The van der Waals surface area contributed by atoms with Gasteiger partial charge >= 0.3 is 5.97 Å². The van der Waals surface area contributed by atoms with Crippen LogP contribution in [0.15, 0.2) is 40.9 Å². The van der Waals surface area contributed by atoms with Gasteiger partial charge in [-0.25, -0.2) is 9.78 Å². The number of hydrogen-bond acceptors (Lipinski definition) is 5. The van der Waals surface area contributed by atoms with Gasteiger partial charge in [-0.3, -0.25) is 4.79 Å². The number of furan rings is 1. The Morgan fingerprint density at radius 1 is 1.31 bits per heavy atom. The van der Waals surface area contributed by atoms with Gasteiger partial charge in [0, 0.05) is 12.3 Å². The van der Waals surface area contributed by atoms with Crippen molar-refractivity contribution in [3.63, 3.8) is 0 Å². The van der Waals surface area contributed by atoms with Crippen molar-refractivity contribution in [1.82, 2.24) is 4.98 Å². The lowest BCUT2D eigenvalue weighted by atomic mass is 10.4. The summed E-state index contributed by atoms with van der Waals surface area (Å²) in [5, 5.41) is 0. The van der Waals surface area contributed by atoms with Crippen LogP contribution in [0.5, 0.6) is 5.88 Å². The second-order valence-electron chi connectivity index (χ2n) is 2.88. The van der Waals surface area contributed by atoms with Gasteiger partial charge in [0.1, 0.15) is 0 Å². The minimum absolute atomic E-state index is 0.0345. The van der Waals surface area contributed by atoms with E-state index in [2.05, 4.69) is 4.98 Å². The Balaban J connectivity index is 2.11. The van der Waals surface area contributed by atoms with Crippen molar-refractivity contribution >= 4 is 12.3 Å². The fraction of sp³-hybridized carbons (Fsp3) is 0. The molecule has 0 fully saturated rings. The fourth-order valence-corrected chi connectivity index (χ4v) is 1.08. The highest BCUT2D eigenvalue weighted by molar-refractivity contribution is 5.88. The van der Waals surface area contributed by atoms with Gasteiger partial charge in [0.15, 0.2) is 12.0 Å². The van der Waals surface area contributed by atoms with Gasteiger partial charge in [0.05, 0.1) is 0 Å². The summed E-state index contributed by atoms with van der Waals surface area (Å²) in [4.78, 5) is 25.6. The van der Waals surface area contributed by atoms with Crippen LogP contribution in [0.4, 0.5) is 0 Å². The Morgan fingerprint density at radius 3 is 2.81 bits per heavy atom. The maximum atomic E-state index is 11.5. The molecule has 0 aromatic carbocycles. The van der Waals surface area contributed by atoms with Gasteiger partial charge in [-0.2, -0.15) is 0 Å². The molecule has 0 spiro atoms. The predicted octanol–water partition coefficient (Wildman–Crippen LogP) is 1.71. The van der Waals surface area contributed by atoms with Crippen LogP contribution in [0.2, 0.25) is 0 Å². The minimum atomic E-state index is -0.688. The normalized spacial score (nSPS) is 9.75. The molecule has 0 atom stereocenters. The van der Waals surface area contributed by atoms with Gasteiger partial charge in [-0.05, 0) is 18.2 Å². The van der Waals surface area contributed by atoms with E-state index in [0.717, 1.165) is 0 Å². The number of carbonyl (C=O) groups excluding carboxylic acids is 2. The third kappa shape index (κ3) is 2.14. The average Bonchev–Trinajstić information content (AvgIpc) is 2.79. The molecule has 0 aliphatic heterocycles. The molecular formula is C11H7NO4. The Bertz CT molecular complexity index is 504. The number of aromatic nitrogens is 1. The van der Waals surface area contributed by atoms with Crippen molar-refractivity contribution in [2.75, 3.05) is 0 Å². The van der Waals surface area contributed by atoms with E-state index in [1.165, 1.54) is 18.3 Å². The fourth-order valence-electron chi connectivity index (χ4n) is 1.08. The lowest BCUT2D eigenvalue weighted by molar-refractivity contribution is 0.0692. The van der Waals surface area contributed by atoms with Gasteiger partial charge in [0.2, 0.25) is 11.6 Å². The molecule has 2 rings (SSSR count). The molecule has 0 amide bonds. The van der Waals surface area contributed by atoms with Crippen LogP contribution in [-0.2, 0) is 0 Å². The van der Waals surface area contributed by atoms with Crippen molar-refractivity contribution in [1.29, 1.82) is 0 Å². The molecule has 2 aromatic heterocycles. The van der Waals surface area contributed by atoms with E-state index in [1.807, 2.05) is 0 Å². The number of aldehydes is 1. The summed E-state index contributed by atoms with van der Waals surface area (Å²) < 4.78 is 9.79. The zero-order valence-electron chi connectivity index (χ0n) is 8.12. The van der Waals surface area contributed by atoms with E-state index in [-0.39, 0.29) is 17.4 Å². The molecule has 2 aromatic rings. The first-order valence-electron chi connectivity index (χ1n) is 4.48. The predicted molar refractivity (Wildman–Crippen MR) is 53.3 cm³/mol. The van der Waals surface area contributed by atoms with E-state index in [0.29, 0.717) is 6.29 Å². The van der Waals surface area contributed by atoms with Gasteiger partial charge in [0.25, 0.3) is 0 Å². The lowest BCUT2D eigenvalue weighted by Crippen LogP contribution is -2.07. The van der Waals surface area contributed by atoms with Crippen molar-refractivity contribution in [3.8, 4) is 5.88 Å². The van der Waals surface area contributed by atoms with Crippen LogP contribution in [0, 0.1) is 0 Å². The van der Waals surface area contributed by atoms with Crippen LogP contribution < -0.4 is 4.74 Å². The first kappa shape index (κ1) is 10.1. The highest BCUT2D eigenvalue weighted by atomic mass is 16.6. The SMILES string of the molecule is O=Cc1ccc(C(=O)Oc2ccccn2)o1. The first-order chi connectivity index (χ1) is 7.79. The number of ether oxygens (including phenoxy) is 1. The lowest BCUT2D eigenvalue weighted by Gasteiger charge is -1.99. The third-order valence-electron chi connectivity index (χ3n) is 1.78. The number of hydrogen-bond donors (Lipinski definition) is 0. The number of pyridine rings is 1. The van der Waals surface area contributed by atoms with Crippen LogP contribution in [0.3, 0.4) is 0 Å². The molecule has 0 unspecified atom stereocenters. The Hall–Kier alpha value is -2.43. The Morgan fingerprint density at radius 2 is 2.19 bits per heavy atom. The number of carbonyl (C=O) groups is 2. The molecule has 0 radical (unpaired) electrons. The summed E-state index contributed by atoms with van der Waals surface area (Å²) in [7, 11) is 0. The molecule has 0 saturated carbocycles. The molecule has 0 N–H and O–H groups in total. The van der Waals surface area contributed by atoms with Crippen LogP contribution in [0.1, 0.15) is 21.1 Å². The topological polar surface area (TPSA) is 69.4 Å². The summed E-state index contributed by atoms with van der Waals surface area (Å²) in [6.07, 6.45) is 2.01. The van der Waals surface area contributed by atoms with Gasteiger partial charge in [-0.1, -0.05) is 6.07 Å². The van der Waals surface area contributed by atoms with Crippen LogP contribution in [0.25, 0.3) is 0 Å². The zero-order valence-corrected chi connectivity index (χ0v) is 8.12. The molecular weight excluding hydrogens is 210 g/mol. The quantitative estimate of drug-likeness (QED) is 0.578. The highest BCUT2D eigenvalue weighted by Crippen LogP contribution is 2.10. The molecule has 5 nitrogen and oxygen atoms in total. The molecule has 0 aliphatic rings. The second-order valence-corrected chi connectivity index (χ2v) is 2.88. The summed E-state index contributed by atoms with van der Waals surface area (Å²) >= 11 is 0. The van der Waals surface area contributed by atoms with Crippen LogP contribution in [-0.4, -0.2) is 17.2 Å². The number of rotatable bonds is 3. The van der Waals surface area contributed by atoms with E-state index in [4.69, 9.17) is 9.15 Å². The van der Waals surface area contributed by atoms with E-state index in [9.17, 15) is 9.59 Å². The van der Waals surface area contributed by atoms with Crippen LogP contribution >= 0.6 is 0 Å². The minimum Gasteiger partial charge on any atom is -0.446 e. The molecule has 80 valence electrons. The molecule has 0 aliphatic carbocycles. The van der Waals surface area contributed by atoms with E-state index >= 15 is 0 Å². The Kier molecular flexibility index (Phi) is 2.77. The first-order valence-corrected chi connectivity index (χ1v) is 4.48. The third-order valence-corrected chi connectivity index (χ3v) is 1.78. The molecule has 5 heteroatoms. The molecule has 0 bridgehead atoms. The number of esters is 1. The molecule has 0 saturated heterocycles. The average molecular weight is 217 g/mol. The summed E-state index contributed by atoms with van der Waals surface area (Å²) in [6.45, 7) is 0. The monoisotopic (exact) mass is 217 g/mol. The summed E-state index contributed by atoms with van der Waals surface area (Å²) in [5.41, 5.74) is 0. The number of nitrogens with zero attached hydrogens (tertiary/aromatic N) is 1. The Labute approximate surface area is 90.7 Å². The highest BCUT2D eigenvalue weighted by Gasteiger charge is 2.13. The molecule has 2 heterocycles. The maximum absolute atomic E-state index is 11.5. The van der Waals surface area contributed by atoms with Gasteiger partial charge in [-0.15, -0.1) is 0 Å². The summed E-state index contributed by atoms with van der Waals surface area (Å²) in [6, 6.07) is 7.70. The van der Waals surface area contributed by atoms with Gasteiger partial charge < -0.3 is 9.15 Å². The molecule has 16 heavy (non-hydrogen) atoms. The summed E-state index contributed by atoms with van der Waals surface area (Å²) in [5.74, 6) is -0.468. The largest absolute Gasteiger partial charge is 0.446 e. The zero-order chi connectivity index (χ0) is 11.4. The standard InChI is InChI=1S/C11H7NO4/c13-7-8-4-5-9(15-8)11(14)16-10-3-1-2-6-12-10/h1-7H. The van der Waals surface area contributed by atoms with Crippen molar-refractivity contribution in [2.24, 2.45) is 0 Å².